The van der Waals surface area contributed by atoms with Crippen LogP contribution in [0.4, 0.5) is 5.69 Å². The van der Waals surface area contributed by atoms with Crippen LogP contribution in [0.3, 0.4) is 0 Å². The molecule has 1 aromatic heterocycles. The number of ether oxygens (including phenoxy) is 1. The zero-order valence-electron chi connectivity index (χ0n) is 17.4. The zero-order valence-corrected chi connectivity index (χ0v) is 19.7. The van der Waals surface area contributed by atoms with Gasteiger partial charge in [-0.15, -0.1) is 11.3 Å². The highest BCUT2D eigenvalue weighted by molar-refractivity contribution is 7.13. The van der Waals surface area contributed by atoms with Crippen molar-refractivity contribution in [2.45, 2.75) is 5.92 Å². The fraction of sp³-hybridized carbons (Fsp3) is 0.0769. The summed E-state index contributed by atoms with van der Waals surface area (Å²) in [5, 5.41) is 6.05. The van der Waals surface area contributed by atoms with Crippen LogP contribution in [0, 0.1) is 0 Å². The number of esters is 1. The van der Waals surface area contributed by atoms with Gasteiger partial charge in [-0.2, -0.15) is 0 Å². The van der Waals surface area contributed by atoms with E-state index in [1.54, 1.807) is 12.1 Å². The number of amides is 1. The molecular weight excluding hydrogens is 477 g/mol. The van der Waals surface area contributed by atoms with Gasteiger partial charge < -0.3 is 10.1 Å². The van der Waals surface area contributed by atoms with Gasteiger partial charge in [-0.1, -0.05) is 65.7 Å². The van der Waals surface area contributed by atoms with Gasteiger partial charge in [0.15, 0.2) is 0 Å². The van der Waals surface area contributed by atoms with Crippen molar-refractivity contribution < 1.29 is 14.3 Å². The van der Waals surface area contributed by atoms with Gasteiger partial charge in [0.2, 0.25) is 5.91 Å². The van der Waals surface area contributed by atoms with Gasteiger partial charge in [-0.05, 0) is 52.1 Å². The minimum atomic E-state index is -0.571. The maximum Gasteiger partial charge on any atom is 0.350 e. The molecule has 164 valence electrons. The lowest BCUT2D eigenvalue weighted by molar-refractivity contribution is -0.116. The maximum atomic E-state index is 13.7. The van der Waals surface area contributed by atoms with E-state index in [0.29, 0.717) is 20.6 Å². The Balaban J connectivity index is 1.60. The topological polar surface area (TPSA) is 55.4 Å². The molecule has 33 heavy (non-hydrogen) atoms. The van der Waals surface area contributed by atoms with Crippen LogP contribution in [0.1, 0.15) is 26.7 Å². The number of hydrogen-bond donors (Lipinski definition) is 1. The Labute approximate surface area is 204 Å². The monoisotopic (exact) mass is 493 g/mol. The second-order valence-corrected chi connectivity index (χ2v) is 9.35. The highest BCUT2D eigenvalue weighted by Gasteiger charge is 2.35. The van der Waals surface area contributed by atoms with Gasteiger partial charge >= 0.3 is 5.97 Å². The summed E-state index contributed by atoms with van der Waals surface area (Å²) in [6, 6.07) is 20.6. The molecule has 0 saturated carbocycles. The number of halogens is 2. The average molecular weight is 494 g/mol. The number of anilines is 1. The minimum Gasteiger partial charge on any atom is -0.465 e. The molecule has 1 aliphatic rings. The Hall–Kier alpha value is -3.12. The molecule has 0 bridgehead atoms. The quantitative estimate of drug-likeness (QED) is 0.304. The van der Waals surface area contributed by atoms with Gasteiger partial charge in [-0.25, -0.2) is 4.79 Å². The number of benzene rings is 3. The number of nitrogens with one attached hydrogen (secondary N) is 1. The fourth-order valence-corrected chi connectivity index (χ4v) is 5.52. The number of thiophene rings is 1. The molecule has 0 aliphatic heterocycles. The smallest absolute Gasteiger partial charge is 0.350 e. The normalized spacial score (nSPS) is 12.2. The number of carbonyl (C=O) groups excluding carboxylic acids is 2. The Morgan fingerprint density at radius 2 is 1.48 bits per heavy atom. The molecule has 4 aromatic rings. The van der Waals surface area contributed by atoms with Gasteiger partial charge in [0.05, 0.1) is 18.7 Å². The largest absolute Gasteiger partial charge is 0.465 e. The summed E-state index contributed by atoms with van der Waals surface area (Å²) in [6.45, 7) is 0. The maximum absolute atomic E-state index is 13.7. The SMILES string of the molecule is COC(=O)c1scc(-c2ccccc2)c1NC(=O)C1c2ccc(Cl)cc2-c2cc(Cl)ccc21. The molecule has 0 fully saturated rings. The van der Waals surface area contributed by atoms with Crippen LogP contribution >= 0.6 is 34.5 Å². The van der Waals surface area contributed by atoms with Gasteiger partial charge in [-0.3, -0.25) is 4.79 Å². The van der Waals surface area contributed by atoms with Crippen molar-refractivity contribution in [3.05, 3.63) is 98.2 Å². The van der Waals surface area contributed by atoms with E-state index in [2.05, 4.69) is 5.32 Å². The summed E-state index contributed by atoms with van der Waals surface area (Å²) in [5.74, 6) is -1.32. The van der Waals surface area contributed by atoms with Crippen LogP contribution in [0.15, 0.2) is 72.1 Å². The predicted octanol–water partition coefficient (Wildman–Crippen LogP) is 7.26. The first kappa shape index (κ1) is 21.7. The first-order valence-corrected chi connectivity index (χ1v) is 11.8. The summed E-state index contributed by atoms with van der Waals surface area (Å²) >= 11 is 13.7. The van der Waals surface area contributed by atoms with Crippen LogP contribution in [-0.4, -0.2) is 19.0 Å². The molecule has 4 nitrogen and oxygen atoms in total. The van der Waals surface area contributed by atoms with Crippen LogP contribution in [0.2, 0.25) is 10.0 Å². The number of rotatable bonds is 4. The minimum absolute atomic E-state index is 0.250. The zero-order chi connectivity index (χ0) is 23.1. The average Bonchev–Trinajstić information content (AvgIpc) is 3.37. The second kappa shape index (κ2) is 8.67. The molecule has 1 N–H and O–H groups in total. The van der Waals surface area contributed by atoms with E-state index in [1.807, 2.05) is 60.0 Å². The summed E-state index contributed by atoms with van der Waals surface area (Å²) in [4.78, 5) is 26.5. The van der Waals surface area contributed by atoms with E-state index in [-0.39, 0.29) is 5.91 Å². The molecular formula is C26H17Cl2NO3S. The van der Waals surface area contributed by atoms with Crippen LogP contribution in [-0.2, 0) is 9.53 Å². The molecule has 1 heterocycles. The van der Waals surface area contributed by atoms with Crippen molar-refractivity contribution in [3.63, 3.8) is 0 Å². The van der Waals surface area contributed by atoms with E-state index < -0.39 is 11.9 Å². The van der Waals surface area contributed by atoms with Crippen molar-refractivity contribution in [3.8, 4) is 22.3 Å². The predicted molar refractivity (Wildman–Crippen MR) is 133 cm³/mol. The summed E-state index contributed by atoms with van der Waals surface area (Å²) < 4.78 is 4.96. The van der Waals surface area contributed by atoms with E-state index in [9.17, 15) is 9.59 Å². The lowest BCUT2D eigenvalue weighted by atomic mass is 9.95. The Morgan fingerprint density at radius 1 is 0.879 bits per heavy atom. The van der Waals surface area contributed by atoms with E-state index in [0.717, 1.165) is 33.4 Å². The molecule has 1 amide bonds. The first-order chi connectivity index (χ1) is 16.0. The summed E-state index contributed by atoms with van der Waals surface area (Å²) in [7, 11) is 1.33. The number of hydrogen-bond acceptors (Lipinski definition) is 4. The third-order valence-electron chi connectivity index (χ3n) is 5.70. The number of fused-ring (bicyclic) bond motifs is 3. The molecule has 0 atom stereocenters. The molecule has 3 aromatic carbocycles. The van der Waals surface area contributed by atoms with Crippen LogP contribution < -0.4 is 5.32 Å². The highest BCUT2D eigenvalue weighted by atomic mass is 35.5. The van der Waals surface area contributed by atoms with Gasteiger partial charge in [0.1, 0.15) is 4.88 Å². The Kier molecular flexibility index (Phi) is 5.71. The van der Waals surface area contributed by atoms with E-state index in [1.165, 1.54) is 18.4 Å². The lowest BCUT2D eigenvalue weighted by Gasteiger charge is -2.16. The van der Waals surface area contributed by atoms with Gasteiger partial charge in [0.25, 0.3) is 0 Å². The molecule has 0 radical (unpaired) electrons. The first-order valence-electron chi connectivity index (χ1n) is 10.1. The van der Waals surface area contributed by atoms with Crippen molar-refractivity contribution in [1.29, 1.82) is 0 Å². The third-order valence-corrected chi connectivity index (χ3v) is 7.13. The van der Waals surface area contributed by atoms with Crippen molar-refractivity contribution >= 4 is 52.1 Å². The van der Waals surface area contributed by atoms with E-state index in [4.69, 9.17) is 27.9 Å². The van der Waals surface area contributed by atoms with E-state index >= 15 is 0 Å². The molecule has 1 aliphatic carbocycles. The number of carbonyl (C=O) groups is 2. The third kappa shape index (κ3) is 3.82. The molecule has 0 saturated heterocycles. The standard InChI is InChI=1S/C26H17Cl2NO3S/c1-32-26(31)24-23(21(13-33-24)14-5-3-2-4-6-14)29-25(30)22-17-9-7-15(27)11-19(17)20-12-16(28)8-10-18(20)22/h2-13,22H,1H3,(H,29,30). The second-order valence-electron chi connectivity index (χ2n) is 7.60. The van der Waals surface area contributed by atoms with Gasteiger partial charge in [0, 0.05) is 21.0 Å². The van der Waals surface area contributed by atoms with Crippen molar-refractivity contribution in [2.75, 3.05) is 12.4 Å². The summed E-state index contributed by atoms with van der Waals surface area (Å²) in [5.41, 5.74) is 5.53. The molecule has 7 heteroatoms. The Morgan fingerprint density at radius 3 is 2.06 bits per heavy atom. The Bertz CT molecular complexity index is 1350. The highest BCUT2D eigenvalue weighted by Crippen LogP contribution is 2.47. The fourth-order valence-electron chi connectivity index (χ4n) is 4.23. The number of methoxy groups -OCH3 is 1. The van der Waals surface area contributed by atoms with Crippen molar-refractivity contribution in [1.82, 2.24) is 0 Å². The van der Waals surface area contributed by atoms with Crippen LogP contribution in [0.5, 0.6) is 0 Å². The lowest BCUT2D eigenvalue weighted by Crippen LogP contribution is -2.22. The molecule has 0 spiro atoms. The summed E-state index contributed by atoms with van der Waals surface area (Å²) in [6.07, 6.45) is 0. The van der Waals surface area contributed by atoms with Crippen molar-refractivity contribution in [2.24, 2.45) is 0 Å². The van der Waals surface area contributed by atoms with Crippen LogP contribution in [0.25, 0.3) is 22.3 Å². The molecule has 5 rings (SSSR count). The molecule has 0 unspecified atom stereocenters.